The summed E-state index contributed by atoms with van der Waals surface area (Å²) in [5.41, 5.74) is 6.20. The summed E-state index contributed by atoms with van der Waals surface area (Å²) in [5, 5.41) is 1.50. The van der Waals surface area contributed by atoms with Crippen molar-refractivity contribution in [2.24, 2.45) is 0 Å². The molecule has 0 bridgehead atoms. The third-order valence-electron chi connectivity index (χ3n) is 8.53. The Morgan fingerprint density at radius 2 is 1.41 bits per heavy atom. The number of carbonyl (C=O) groups is 1. The zero-order valence-electron chi connectivity index (χ0n) is 27.1. The molecule has 1 N–H and O–H groups in total. The number of hydrogen-bond donors (Lipinski definition) is 1. The molecule has 0 spiro atoms. The Morgan fingerprint density at radius 1 is 0.796 bits per heavy atom. The number of esters is 1. The number of carbonyl (C=O) groups excluding carboxylic acids is 1. The van der Waals surface area contributed by atoms with Gasteiger partial charge in [-0.25, -0.2) is 17.9 Å². The van der Waals surface area contributed by atoms with Crippen LogP contribution in [0.3, 0.4) is 0 Å². The quantitative estimate of drug-likeness (QED) is 0.117. The maximum absolute atomic E-state index is 13.5. The van der Waals surface area contributed by atoms with Crippen LogP contribution in [-0.4, -0.2) is 38.4 Å². The molecule has 0 fully saturated rings. The third-order valence-corrected chi connectivity index (χ3v) is 10.1. The highest BCUT2D eigenvalue weighted by molar-refractivity contribution is 7.89. The zero-order valence-corrected chi connectivity index (χ0v) is 28.7. The zero-order chi connectivity index (χ0) is 34.2. The topological polar surface area (TPSA) is 86.6 Å². The van der Waals surface area contributed by atoms with Gasteiger partial charge in [-0.05, 0) is 71.1 Å². The molecule has 0 amide bonds. The molecule has 6 aromatic rings. The Hall–Kier alpha value is -4.89. The maximum atomic E-state index is 13.5. The van der Waals surface area contributed by atoms with Crippen LogP contribution in [0.2, 0.25) is 5.02 Å². The lowest BCUT2D eigenvalue weighted by Crippen LogP contribution is -2.29. The molecule has 250 valence electrons. The molecule has 0 radical (unpaired) electrons. The second-order valence-corrected chi connectivity index (χ2v) is 14.0. The Labute approximate surface area is 292 Å². The summed E-state index contributed by atoms with van der Waals surface area (Å²) in [5.74, 6) is 0.145. The number of aryl methyl sites for hydroxylation is 1. The molecule has 6 rings (SSSR count). The van der Waals surface area contributed by atoms with Gasteiger partial charge < -0.3 is 14.0 Å². The van der Waals surface area contributed by atoms with Crippen molar-refractivity contribution in [2.75, 3.05) is 19.5 Å². The SMILES string of the molecule is COC(=O)c1ccc(OCCc2c(CNS(=O)(=O)CCc3ccccc3)n(C(c3ccccc3)c3ccccc3)c3ccc(Cl)cc23)cc1. The van der Waals surface area contributed by atoms with Crippen LogP contribution < -0.4 is 9.46 Å². The van der Waals surface area contributed by atoms with Crippen LogP contribution >= 0.6 is 11.6 Å². The van der Waals surface area contributed by atoms with Gasteiger partial charge in [0.2, 0.25) is 10.0 Å². The van der Waals surface area contributed by atoms with Crippen molar-refractivity contribution in [2.45, 2.75) is 25.4 Å². The molecule has 0 aliphatic carbocycles. The van der Waals surface area contributed by atoms with Crippen molar-refractivity contribution in [1.29, 1.82) is 0 Å². The van der Waals surface area contributed by atoms with Crippen molar-refractivity contribution >= 4 is 38.5 Å². The highest BCUT2D eigenvalue weighted by atomic mass is 35.5. The fraction of sp³-hybridized carbons (Fsp3) is 0.175. The number of nitrogens with zero attached hydrogens (tertiary/aromatic N) is 1. The van der Waals surface area contributed by atoms with Gasteiger partial charge in [0, 0.05) is 28.0 Å². The van der Waals surface area contributed by atoms with Crippen LogP contribution in [0, 0.1) is 0 Å². The molecule has 0 saturated carbocycles. The number of ether oxygens (including phenoxy) is 2. The van der Waals surface area contributed by atoms with E-state index in [1.165, 1.54) is 7.11 Å². The highest BCUT2D eigenvalue weighted by Crippen LogP contribution is 2.37. The molecule has 0 saturated heterocycles. The molecule has 0 aliphatic heterocycles. The third kappa shape index (κ3) is 8.23. The minimum Gasteiger partial charge on any atom is -0.493 e. The van der Waals surface area contributed by atoms with Gasteiger partial charge in [0.1, 0.15) is 5.75 Å². The van der Waals surface area contributed by atoms with E-state index in [0.29, 0.717) is 35.8 Å². The molecule has 0 unspecified atom stereocenters. The smallest absolute Gasteiger partial charge is 0.337 e. The molecule has 1 heterocycles. The number of fused-ring (bicyclic) bond motifs is 1. The Kier molecular flexibility index (Phi) is 10.8. The van der Waals surface area contributed by atoms with E-state index in [1.54, 1.807) is 24.3 Å². The molecular formula is C40H37ClN2O5S. The van der Waals surface area contributed by atoms with Crippen LogP contribution in [0.1, 0.15) is 44.3 Å². The average molecular weight is 693 g/mol. The van der Waals surface area contributed by atoms with Crippen molar-refractivity contribution < 1.29 is 22.7 Å². The minimum atomic E-state index is -3.65. The van der Waals surface area contributed by atoms with Gasteiger partial charge in [-0.3, -0.25) is 0 Å². The van der Waals surface area contributed by atoms with Crippen LogP contribution in [0.4, 0.5) is 0 Å². The van der Waals surface area contributed by atoms with Gasteiger partial charge in [0.05, 0.1) is 37.6 Å². The van der Waals surface area contributed by atoms with Crippen LogP contribution in [0.5, 0.6) is 5.75 Å². The number of benzene rings is 5. The van der Waals surface area contributed by atoms with Gasteiger partial charge in [0.15, 0.2) is 0 Å². The number of nitrogens with one attached hydrogen (secondary N) is 1. The van der Waals surface area contributed by atoms with Crippen LogP contribution in [-0.2, 0) is 34.1 Å². The van der Waals surface area contributed by atoms with E-state index in [2.05, 4.69) is 33.6 Å². The highest BCUT2D eigenvalue weighted by Gasteiger charge is 2.26. The van der Waals surface area contributed by atoms with E-state index in [4.69, 9.17) is 21.1 Å². The molecule has 7 nitrogen and oxygen atoms in total. The molecule has 5 aromatic carbocycles. The van der Waals surface area contributed by atoms with Gasteiger partial charge >= 0.3 is 5.97 Å². The second-order valence-electron chi connectivity index (χ2n) is 11.7. The monoisotopic (exact) mass is 692 g/mol. The number of aromatic nitrogens is 1. The molecule has 9 heteroatoms. The molecular weight excluding hydrogens is 656 g/mol. The fourth-order valence-electron chi connectivity index (χ4n) is 6.16. The largest absolute Gasteiger partial charge is 0.493 e. The predicted octanol–water partition coefficient (Wildman–Crippen LogP) is 8.00. The van der Waals surface area contributed by atoms with E-state index < -0.39 is 16.0 Å². The Balaban J connectivity index is 1.41. The second kappa shape index (κ2) is 15.6. The summed E-state index contributed by atoms with van der Waals surface area (Å²) in [4.78, 5) is 11.9. The first-order valence-corrected chi connectivity index (χ1v) is 18.1. The van der Waals surface area contributed by atoms with Gasteiger partial charge in [-0.15, -0.1) is 0 Å². The number of hydrogen-bond acceptors (Lipinski definition) is 5. The first-order chi connectivity index (χ1) is 23.8. The molecule has 1 aromatic heterocycles. The summed E-state index contributed by atoms with van der Waals surface area (Å²) in [6, 6.07) is 42.3. The summed E-state index contributed by atoms with van der Waals surface area (Å²) in [7, 11) is -2.30. The van der Waals surface area contributed by atoms with E-state index in [1.807, 2.05) is 84.9 Å². The normalized spacial score (nSPS) is 11.6. The fourth-order valence-corrected chi connectivity index (χ4v) is 7.33. The number of halogens is 1. The van der Waals surface area contributed by atoms with Gasteiger partial charge in [0.25, 0.3) is 0 Å². The van der Waals surface area contributed by atoms with Gasteiger partial charge in [-0.1, -0.05) is 103 Å². The van der Waals surface area contributed by atoms with Crippen molar-refractivity contribution in [3.63, 3.8) is 0 Å². The minimum absolute atomic E-state index is 0.0378. The first kappa shape index (κ1) is 34.0. The number of rotatable bonds is 14. The van der Waals surface area contributed by atoms with Crippen LogP contribution in [0.15, 0.2) is 133 Å². The van der Waals surface area contributed by atoms with Crippen molar-refractivity contribution in [3.8, 4) is 5.75 Å². The molecule has 49 heavy (non-hydrogen) atoms. The molecule has 0 aliphatic rings. The van der Waals surface area contributed by atoms with E-state index in [9.17, 15) is 13.2 Å². The standard InChI is InChI=1S/C40H37ClN2O5S/c1-47-40(44)32-17-20-34(21-18-32)48-25-23-35-36-27-33(41)19-22-37(36)43(39(30-13-7-3-8-14-30)31-15-9-4-10-16-31)38(35)28-42-49(45,46)26-24-29-11-5-2-6-12-29/h2-22,27,39,42H,23-26,28H2,1H3. The lowest BCUT2D eigenvalue weighted by atomic mass is 9.98. The van der Waals surface area contributed by atoms with E-state index in [-0.39, 0.29) is 18.3 Å². The Bertz CT molecular complexity index is 2080. The lowest BCUT2D eigenvalue weighted by Gasteiger charge is -2.25. The summed E-state index contributed by atoms with van der Waals surface area (Å²) < 4.78 is 43.1. The summed E-state index contributed by atoms with van der Waals surface area (Å²) >= 11 is 6.61. The molecule has 0 atom stereocenters. The van der Waals surface area contributed by atoms with Gasteiger partial charge in [-0.2, -0.15) is 0 Å². The van der Waals surface area contributed by atoms with Crippen molar-refractivity contribution in [1.82, 2.24) is 9.29 Å². The predicted molar refractivity (Wildman–Crippen MR) is 195 cm³/mol. The first-order valence-electron chi connectivity index (χ1n) is 16.1. The Morgan fingerprint density at radius 3 is 2.02 bits per heavy atom. The summed E-state index contributed by atoms with van der Waals surface area (Å²) in [6.07, 6.45) is 0.876. The number of methoxy groups -OCH3 is 1. The average Bonchev–Trinajstić information content (AvgIpc) is 3.43. The van der Waals surface area contributed by atoms with Crippen LogP contribution in [0.25, 0.3) is 10.9 Å². The lowest BCUT2D eigenvalue weighted by molar-refractivity contribution is 0.0600. The summed E-state index contributed by atoms with van der Waals surface area (Å²) in [6.45, 7) is 0.376. The van der Waals surface area contributed by atoms with E-state index in [0.717, 1.165) is 38.9 Å². The van der Waals surface area contributed by atoms with Crippen molar-refractivity contribution in [3.05, 3.63) is 172 Å². The van der Waals surface area contributed by atoms with E-state index >= 15 is 0 Å². The number of sulfonamides is 1. The maximum Gasteiger partial charge on any atom is 0.337 e.